The molecule has 0 aliphatic carbocycles. The van der Waals surface area contributed by atoms with Crippen molar-refractivity contribution in [1.29, 1.82) is 5.26 Å². The minimum absolute atomic E-state index is 0.0852. The fourth-order valence-electron chi connectivity index (χ4n) is 4.05. The van der Waals surface area contributed by atoms with E-state index in [4.69, 9.17) is 4.74 Å². The van der Waals surface area contributed by atoms with E-state index in [-0.39, 0.29) is 11.5 Å². The Labute approximate surface area is 210 Å². The first-order valence-corrected chi connectivity index (χ1v) is 12.6. The maximum Gasteiger partial charge on any atom is 0.262 e. The lowest BCUT2D eigenvalue weighted by molar-refractivity contribution is -0.117. The minimum Gasteiger partial charge on any atom is -0.491 e. The highest BCUT2D eigenvalue weighted by molar-refractivity contribution is 7.09. The van der Waals surface area contributed by atoms with E-state index in [9.17, 15) is 10.1 Å². The summed E-state index contributed by atoms with van der Waals surface area (Å²) in [6.07, 6.45) is 3.65. The van der Waals surface area contributed by atoms with E-state index in [0.29, 0.717) is 25.6 Å². The Morgan fingerprint density at radius 2 is 2.03 bits per heavy atom. The van der Waals surface area contributed by atoms with Gasteiger partial charge >= 0.3 is 0 Å². The van der Waals surface area contributed by atoms with Gasteiger partial charge in [-0.15, -0.1) is 11.3 Å². The summed E-state index contributed by atoms with van der Waals surface area (Å²) in [5.74, 6) is 0.928. The van der Waals surface area contributed by atoms with Gasteiger partial charge in [-0.05, 0) is 53.6 Å². The van der Waals surface area contributed by atoms with E-state index in [1.807, 2.05) is 48.0 Å². The second-order valence-electron chi connectivity index (χ2n) is 8.77. The lowest BCUT2D eigenvalue weighted by atomic mass is 10.0. The average Bonchev–Trinajstić information content (AvgIpc) is 3.49. The minimum atomic E-state index is -0.373. The van der Waals surface area contributed by atoms with Crippen LogP contribution >= 0.6 is 11.3 Å². The summed E-state index contributed by atoms with van der Waals surface area (Å²) in [6, 6.07) is 20.3. The normalized spacial score (nSPS) is 11.6. The smallest absolute Gasteiger partial charge is 0.262 e. The largest absolute Gasteiger partial charge is 0.491 e. The molecule has 0 saturated carbocycles. The topological polar surface area (TPSA) is 67.0 Å². The number of nitriles is 1. The molecule has 0 spiro atoms. The summed E-state index contributed by atoms with van der Waals surface area (Å²) in [6.45, 7) is 7.96. The van der Waals surface area contributed by atoms with E-state index in [0.717, 1.165) is 27.1 Å². The van der Waals surface area contributed by atoms with E-state index >= 15 is 0 Å². The molecule has 0 saturated heterocycles. The molecule has 2 heterocycles. The Kier molecular flexibility index (Phi) is 7.69. The number of ether oxygens (including phenoxy) is 1. The van der Waals surface area contributed by atoms with Crippen LogP contribution in [0.5, 0.6) is 5.75 Å². The number of hydrogen-bond donors (Lipinski definition) is 1. The monoisotopic (exact) mass is 483 g/mol. The zero-order valence-electron chi connectivity index (χ0n) is 20.2. The molecule has 2 aromatic heterocycles. The fourth-order valence-corrected chi connectivity index (χ4v) is 4.70. The zero-order chi connectivity index (χ0) is 24.8. The molecule has 0 unspecified atom stereocenters. The highest BCUT2D eigenvalue weighted by atomic mass is 32.1. The van der Waals surface area contributed by atoms with Crippen molar-refractivity contribution < 1.29 is 9.53 Å². The van der Waals surface area contributed by atoms with Gasteiger partial charge in [0.1, 0.15) is 24.0 Å². The van der Waals surface area contributed by atoms with Gasteiger partial charge < -0.3 is 14.6 Å². The van der Waals surface area contributed by atoms with Gasteiger partial charge in [0.15, 0.2) is 0 Å². The summed E-state index contributed by atoms with van der Waals surface area (Å²) in [5.41, 5.74) is 4.32. The predicted molar refractivity (Wildman–Crippen MR) is 142 cm³/mol. The molecule has 0 aliphatic rings. The number of carbonyl (C=O) groups excluding carboxylic acids is 1. The van der Waals surface area contributed by atoms with Crippen LogP contribution in [0.2, 0.25) is 0 Å². The van der Waals surface area contributed by atoms with Gasteiger partial charge in [0.25, 0.3) is 5.91 Å². The fraction of sp³-hybridized carbons (Fsp3) is 0.241. The molecule has 4 rings (SSSR count). The van der Waals surface area contributed by atoms with Crippen molar-refractivity contribution in [2.45, 2.75) is 39.8 Å². The van der Waals surface area contributed by atoms with Crippen molar-refractivity contribution in [3.05, 3.63) is 93.3 Å². The van der Waals surface area contributed by atoms with Gasteiger partial charge in [-0.25, -0.2) is 0 Å². The number of nitrogens with zero attached hydrogens (tertiary/aromatic N) is 2. The molecular formula is C29H29N3O2S. The number of hydrogen-bond acceptors (Lipinski definition) is 4. The number of aryl methyl sites for hydroxylation is 1. The van der Waals surface area contributed by atoms with Crippen LogP contribution in [0.15, 0.2) is 71.7 Å². The number of amides is 1. The van der Waals surface area contributed by atoms with Crippen LogP contribution in [-0.2, 0) is 17.9 Å². The average molecular weight is 484 g/mol. The lowest BCUT2D eigenvalue weighted by Gasteiger charge is -2.15. The van der Waals surface area contributed by atoms with E-state index in [1.54, 1.807) is 17.4 Å². The van der Waals surface area contributed by atoms with Crippen LogP contribution in [0.25, 0.3) is 17.0 Å². The maximum absolute atomic E-state index is 12.6. The molecule has 4 aromatic rings. The van der Waals surface area contributed by atoms with Gasteiger partial charge in [0.2, 0.25) is 0 Å². The molecule has 0 radical (unpaired) electrons. The van der Waals surface area contributed by atoms with Crippen molar-refractivity contribution in [2.24, 2.45) is 0 Å². The third-order valence-electron chi connectivity index (χ3n) is 5.87. The van der Waals surface area contributed by atoms with Gasteiger partial charge in [-0.2, -0.15) is 5.26 Å². The molecule has 0 aliphatic heterocycles. The van der Waals surface area contributed by atoms with E-state index < -0.39 is 0 Å². The summed E-state index contributed by atoms with van der Waals surface area (Å²) >= 11 is 1.57. The number of nitrogens with one attached hydrogen (secondary N) is 1. The summed E-state index contributed by atoms with van der Waals surface area (Å²) in [4.78, 5) is 13.7. The first-order chi connectivity index (χ1) is 17.0. The van der Waals surface area contributed by atoms with Crippen LogP contribution < -0.4 is 10.1 Å². The first kappa shape index (κ1) is 24.3. The van der Waals surface area contributed by atoms with Crippen LogP contribution in [0, 0.1) is 18.3 Å². The molecule has 35 heavy (non-hydrogen) atoms. The van der Waals surface area contributed by atoms with Crippen LogP contribution in [-0.4, -0.2) is 17.1 Å². The van der Waals surface area contributed by atoms with Crippen molar-refractivity contribution in [3.63, 3.8) is 0 Å². The molecule has 0 fully saturated rings. The first-order valence-electron chi connectivity index (χ1n) is 11.7. The Bertz CT molecular complexity index is 1390. The van der Waals surface area contributed by atoms with Gasteiger partial charge in [-0.3, -0.25) is 4.79 Å². The van der Waals surface area contributed by atoms with Crippen LogP contribution in [0.1, 0.15) is 41.3 Å². The van der Waals surface area contributed by atoms with Gasteiger partial charge in [0.05, 0.1) is 13.1 Å². The highest BCUT2D eigenvalue weighted by Gasteiger charge is 2.13. The lowest BCUT2D eigenvalue weighted by Crippen LogP contribution is -2.23. The SMILES string of the molecule is Cc1ccc(C(C)C)c(OCCn2cc(C=C(C#N)C(=O)NCc3cccs3)c3ccccc32)c1. The number of carbonyl (C=O) groups is 1. The number of benzene rings is 2. The molecule has 6 heteroatoms. The maximum atomic E-state index is 12.6. The number of para-hydroxylation sites is 1. The van der Waals surface area contributed by atoms with Gasteiger partial charge in [-0.1, -0.05) is 50.2 Å². The second kappa shape index (κ2) is 11.1. The Morgan fingerprint density at radius 3 is 2.77 bits per heavy atom. The molecule has 0 atom stereocenters. The number of aromatic nitrogens is 1. The van der Waals surface area contributed by atoms with Crippen molar-refractivity contribution >= 4 is 34.2 Å². The van der Waals surface area contributed by atoms with Gasteiger partial charge in [0, 0.05) is 27.5 Å². The Morgan fingerprint density at radius 1 is 1.20 bits per heavy atom. The highest BCUT2D eigenvalue weighted by Crippen LogP contribution is 2.28. The van der Waals surface area contributed by atoms with Crippen molar-refractivity contribution in [3.8, 4) is 11.8 Å². The molecule has 178 valence electrons. The summed E-state index contributed by atoms with van der Waals surface area (Å²) < 4.78 is 8.31. The molecule has 5 nitrogen and oxygen atoms in total. The van der Waals surface area contributed by atoms with E-state index in [2.05, 4.69) is 54.9 Å². The zero-order valence-corrected chi connectivity index (χ0v) is 21.1. The molecule has 1 amide bonds. The summed E-state index contributed by atoms with van der Waals surface area (Å²) in [7, 11) is 0. The Hall–Kier alpha value is -3.82. The third-order valence-corrected chi connectivity index (χ3v) is 6.74. The summed E-state index contributed by atoms with van der Waals surface area (Å²) in [5, 5.41) is 15.4. The van der Waals surface area contributed by atoms with E-state index in [1.165, 1.54) is 11.1 Å². The third kappa shape index (κ3) is 5.82. The van der Waals surface area contributed by atoms with Crippen LogP contribution in [0.4, 0.5) is 0 Å². The standard InChI is InChI=1S/C29H29N3O2S/c1-20(2)25-11-10-21(3)15-28(25)34-13-12-32-19-23(26-8-4-5-9-27(26)32)16-22(17-30)29(33)31-18-24-7-6-14-35-24/h4-11,14-16,19-20H,12-13,18H2,1-3H3,(H,31,33). The number of thiophene rings is 1. The predicted octanol–water partition coefficient (Wildman–Crippen LogP) is 6.44. The quantitative estimate of drug-likeness (QED) is 0.220. The molecule has 0 bridgehead atoms. The number of fused-ring (bicyclic) bond motifs is 1. The van der Waals surface area contributed by atoms with Crippen molar-refractivity contribution in [2.75, 3.05) is 6.61 Å². The molecular weight excluding hydrogens is 454 g/mol. The van der Waals surface area contributed by atoms with Crippen LogP contribution in [0.3, 0.4) is 0 Å². The Balaban J connectivity index is 1.53. The molecule has 2 aromatic carbocycles. The second-order valence-corrected chi connectivity index (χ2v) is 9.80. The molecule has 1 N–H and O–H groups in total. The van der Waals surface area contributed by atoms with Crippen molar-refractivity contribution in [1.82, 2.24) is 9.88 Å². The number of rotatable bonds is 9.